The van der Waals surface area contributed by atoms with E-state index in [-0.39, 0.29) is 5.75 Å². The molecule has 1 aromatic heterocycles. The summed E-state index contributed by atoms with van der Waals surface area (Å²) in [5.74, 6) is 0.232. The van der Waals surface area contributed by atoms with Crippen LogP contribution >= 0.6 is 0 Å². The molecule has 0 spiro atoms. The smallest absolute Gasteiger partial charge is 0.128 e. The average Bonchev–Trinajstić information content (AvgIpc) is 2.94. The van der Waals surface area contributed by atoms with Crippen molar-refractivity contribution in [2.75, 3.05) is 0 Å². The molecule has 1 atom stereocenters. The Balaban J connectivity index is 2.07. The maximum Gasteiger partial charge on any atom is 0.128 e. The number of rotatable bonds is 4. The number of allylic oxidation sites excluding steroid dienone is 2. The van der Waals surface area contributed by atoms with E-state index >= 15 is 0 Å². The molecule has 114 valence electrons. The van der Waals surface area contributed by atoms with E-state index in [1.807, 2.05) is 30.4 Å². The summed E-state index contributed by atoms with van der Waals surface area (Å²) in [7, 11) is 0. The van der Waals surface area contributed by atoms with Crippen LogP contribution in [0.1, 0.15) is 31.0 Å². The Morgan fingerprint density at radius 2 is 2.00 bits per heavy atom. The van der Waals surface area contributed by atoms with Crippen LogP contribution in [0.4, 0.5) is 0 Å². The van der Waals surface area contributed by atoms with Crippen molar-refractivity contribution in [3.05, 3.63) is 59.8 Å². The van der Waals surface area contributed by atoms with Gasteiger partial charge in [-0.3, -0.25) is 5.10 Å². The third-order valence-corrected chi connectivity index (χ3v) is 3.99. The lowest BCUT2D eigenvalue weighted by Gasteiger charge is -2.25. The molecule has 0 aliphatic heterocycles. The fourth-order valence-corrected chi connectivity index (χ4v) is 2.87. The lowest BCUT2D eigenvalue weighted by molar-refractivity contribution is 0.0858. The molecular formula is C18H20N2O2. The molecule has 4 nitrogen and oxygen atoms in total. The molecule has 4 heteroatoms. The maximum absolute atomic E-state index is 10.9. The predicted molar refractivity (Wildman–Crippen MR) is 86.5 cm³/mol. The molecule has 1 unspecified atom stereocenters. The van der Waals surface area contributed by atoms with Gasteiger partial charge in [-0.05, 0) is 36.8 Å². The minimum Gasteiger partial charge on any atom is -0.508 e. The molecule has 1 heterocycles. The normalized spacial score (nSPS) is 20.5. The van der Waals surface area contributed by atoms with Gasteiger partial charge >= 0.3 is 0 Å². The first-order valence-corrected chi connectivity index (χ1v) is 7.58. The second-order valence-corrected chi connectivity index (χ2v) is 5.64. The zero-order valence-electron chi connectivity index (χ0n) is 12.6. The van der Waals surface area contributed by atoms with Crippen molar-refractivity contribution in [1.82, 2.24) is 10.2 Å². The highest BCUT2D eigenvalue weighted by molar-refractivity contribution is 5.65. The van der Waals surface area contributed by atoms with Crippen LogP contribution in [-0.2, 0) is 12.0 Å². The number of aromatic nitrogens is 2. The van der Waals surface area contributed by atoms with Crippen LogP contribution in [0.25, 0.3) is 11.3 Å². The Labute approximate surface area is 129 Å². The highest BCUT2D eigenvalue weighted by atomic mass is 16.3. The third-order valence-electron chi connectivity index (χ3n) is 3.99. The summed E-state index contributed by atoms with van der Waals surface area (Å²) in [5, 5.41) is 27.8. The molecule has 0 saturated carbocycles. The van der Waals surface area contributed by atoms with Gasteiger partial charge in [-0.25, -0.2) is 0 Å². The number of aromatic hydroxyl groups is 1. The molecule has 1 aliphatic carbocycles. The van der Waals surface area contributed by atoms with Crippen LogP contribution in [0.15, 0.2) is 48.6 Å². The minimum atomic E-state index is -1.03. The van der Waals surface area contributed by atoms with E-state index < -0.39 is 5.60 Å². The van der Waals surface area contributed by atoms with E-state index in [0.717, 1.165) is 35.4 Å². The van der Waals surface area contributed by atoms with Crippen LogP contribution in [0, 0.1) is 0 Å². The van der Waals surface area contributed by atoms with Gasteiger partial charge in [-0.15, -0.1) is 0 Å². The number of hydrogen-bond donors (Lipinski definition) is 3. The number of nitrogens with zero attached hydrogens (tertiary/aromatic N) is 1. The standard InChI is InChI=1S/C18H20N2O2/c1-2-6-15-16(13-7-9-14(21)10-8-13)19-20-17(15)18(22)11-4-3-5-12-18/h3-5,7-11,21-22H,2,6,12H2,1H3,(H,19,20). The first-order chi connectivity index (χ1) is 10.6. The van der Waals surface area contributed by atoms with Crippen molar-refractivity contribution in [2.24, 2.45) is 0 Å². The van der Waals surface area contributed by atoms with Gasteiger partial charge in [-0.1, -0.05) is 31.6 Å². The zero-order chi connectivity index (χ0) is 15.6. The summed E-state index contributed by atoms with van der Waals surface area (Å²) < 4.78 is 0. The lowest BCUT2D eigenvalue weighted by Crippen LogP contribution is -2.25. The van der Waals surface area contributed by atoms with E-state index in [0.29, 0.717) is 6.42 Å². The second kappa shape index (κ2) is 5.81. The van der Waals surface area contributed by atoms with Crippen LogP contribution < -0.4 is 0 Å². The quantitative estimate of drug-likeness (QED) is 0.809. The molecule has 2 aromatic rings. The molecular weight excluding hydrogens is 276 g/mol. The monoisotopic (exact) mass is 296 g/mol. The Hall–Kier alpha value is -2.33. The topological polar surface area (TPSA) is 69.1 Å². The largest absolute Gasteiger partial charge is 0.508 e. The number of aliphatic hydroxyl groups is 1. The molecule has 0 bridgehead atoms. The number of phenols is 1. The molecule has 0 amide bonds. The van der Waals surface area contributed by atoms with Crippen molar-refractivity contribution in [1.29, 1.82) is 0 Å². The van der Waals surface area contributed by atoms with E-state index in [1.54, 1.807) is 18.2 Å². The Bertz CT molecular complexity index is 713. The van der Waals surface area contributed by atoms with Crippen molar-refractivity contribution in [2.45, 2.75) is 31.8 Å². The van der Waals surface area contributed by atoms with Crippen molar-refractivity contribution in [3.8, 4) is 17.0 Å². The summed E-state index contributed by atoms with van der Waals surface area (Å²) in [6.07, 6.45) is 9.90. The second-order valence-electron chi connectivity index (χ2n) is 5.64. The van der Waals surface area contributed by atoms with Gasteiger partial charge in [0.25, 0.3) is 0 Å². The maximum atomic E-state index is 10.9. The van der Waals surface area contributed by atoms with Crippen molar-refractivity contribution < 1.29 is 10.2 Å². The van der Waals surface area contributed by atoms with E-state index in [9.17, 15) is 10.2 Å². The van der Waals surface area contributed by atoms with E-state index in [2.05, 4.69) is 17.1 Å². The lowest BCUT2D eigenvalue weighted by atomic mass is 9.87. The highest BCUT2D eigenvalue weighted by Gasteiger charge is 2.32. The Morgan fingerprint density at radius 1 is 1.23 bits per heavy atom. The van der Waals surface area contributed by atoms with Gasteiger partial charge in [0.1, 0.15) is 11.4 Å². The predicted octanol–water partition coefficient (Wildman–Crippen LogP) is 3.44. The van der Waals surface area contributed by atoms with Crippen LogP contribution in [0.2, 0.25) is 0 Å². The molecule has 3 N–H and O–H groups in total. The summed E-state index contributed by atoms with van der Waals surface area (Å²) in [6, 6.07) is 6.99. The zero-order valence-corrected chi connectivity index (χ0v) is 12.6. The number of phenolic OH excluding ortho intramolecular Hbond substituents is 1. The molecule has 1 aliphatic rings. The van der Waals surface area contributed by atoms with Crippen molar-refractivity contribution in [3.63, 3.8) is 0 Å². The van der Waals surface area contributed by atoms with Gasteiger partial charge in [-0.2, -0.15) is 5.10 Å². The SMILES string of the molecule is CCCc1c(-c2ccc(O)cc2)n[nH]c1C1(O)C=CC=CC1. The Kier molecular flexibility index (Phi) is 3.86. The molecule has 3 rings (SSSR count). The fraction of sp³-hybridized carbons (Fsp3) is 0.278. The average molecular weight is 296 g/mol. The third kappa shape index (κ3) is 2.57. The number of aromatic amines is 1. The van der Waals surface area contributed by atoms with Crippen LogP contribution in [0.5, 0.6) is 5.75 Å². The minimum absolute atomic E-state index is 0.232. The van der Waals surface area contributed by atoms with E-state index in [1.165, 1.54) is 0 Å². The van der Waals surface area contributed by atoms with Gasteiger partial charge < -0.3 is 10.2 Å². The van der Waals surface area contributed by atoms with Gasteiger partial charge in [0, 0.05) is 17.5 Å². The molecule has 1 aromatic carbocycles. The number of H-pyrrole nitrogens is 1. The fourth-order valence-electron chi connectivity index (χ4n) is 2.87. The van der Waals surface area contributed by atoms with Crippen molar-refractivity contribution >= 4 is 0 Å². The summed E-state index contributed by atoms with van der Waals surface area (Å²) in [4.78, 5) is 0. The molecule has 0 radical (unpaired) electrons. The van der Waals surface area contributed by atoms with E-state index in [4.69, 9.17) is 0 Å². The highest BCUT2D eigenvalue weighted by Crippen LogP contribution is 2.35. The van der Waals surface area contributed by atoms with Crippen LogP contribution in [0.3, 0.4) is 0 Å². The summed E-state index contributed by atoms with van der Waals surface area (Å²) in [6.45, 7) is 2.11. The number of benzene rings is 1. The number of hydrogen-bond acceptors (Lipinski definition) is 3. The first-order valence-electron chi connectivity index (χ1n) is 7.58. The number of nitrogens with one attached hydrogen (secondary N) is 1. The van der Waals surface area contributed by atoms with Gasteiger partial charge in [0.2, 0.25) is 0 Å². The molecule has 22 heavy (non-hydrogen) atoms. The summed E-state index contributed by atoms with van der Waals surface area (Å²) in [5.41, 5.74) is 2.55. The van der Waals surface area contributed by atoms with Crippen LogP contribution in [-0.4, -0.2) is 20.4 Å². The molecule has 0 fully saturated rings. The van der Waals surface area contributed by atoms with Gasteiger partial charge in [0.15, 0.2) is 0 Å². The summed E-state index contributed by atoms with van der Waals surface area (Å²) >= 11 is 0. The first kappa shape index (κ1) is 14.6. The van der Waals surface area contributed by atoms with Gasteiger partial charge in [0.05, 0.1) is 11.4 Å². The Morgan fingerprint density at radius 3 is 2.64 bits per heavy atom. The molecule has 0 saturated heterocycles.